The van der Waals surface area contributed by atoms with Crippen LogP contribution in [0.5, 0.6) is 0 Å². The molecule has 146 valence electrons. The molecule has 0 spiro atoms. The van der Waals surface area contributed by atoms with Crippen LogP contribution in [0.1, 0.15) is 0 Å². The predicted molar refractivity (Wildman–Crippen MR) is 101 cm³/mol. The largest absolute Gasteiger partial charge is 0.383 e. The van der Waals surface area contributed by atoms with E-state index in [-0.39, 0.29) is 11.4 Å². The van der Waals surface area contributed by atoms with Crippen LogP contribution < -0.4 is 5.32 Å². The van der Waals surface area contributed by atoms with Gasteiger partial charge in [0.2, 0.25) is 5.91 Å². The van der Waals surface area contributed by atoms with Crippen LogP contribution >= 0.6 is 11.8 Å². The number of thioether (sulfide) groups is 1. The van der Waals surface area contributed by atoms with Crippen molar-refractivity contribution in [2.75, 3.05) is 24.8 Å². The van der Waals surface area contributed by atoms with E-state index >= 15 is 0 Å². The first kappa shape index (κ1) is 19.9. The van der Waals surface area contributed by atoms with Gasteiger partial charge in [-0.15, -0.1) is 10.2 Å². The quantitative estimate of drug-likeness (QED) is 0.580. The summed E-state index contributed by atoms with van der Waals surface area (Å²) in [6.07, 6.45) is 3.30. The highest BCUT2D eigenvalue weighted by Crippen LogP contribution is 2.24. The standard InChI is InChI=1S/C18H17F2N5O2S/c1-27-9-8-25-17(12-4-6-21-7-5-12)23-24-18(25)28-11-16(26)22-15-10-13(19)2-3-14(15)20/h2-7,10H,8-9,11H2,1H3,(H,22,26). The zero-order valence-electron chi connectivity index (χ0n) is 14.9. The van der Waals surface area contributed by atoms with Crippen molar-refractivity contribution in [3.05, 3.63) is 54.4 Å². The SMILES string of the molecule is COCCn1c(SCC(=O)Nc2cc(F)ccc2F)nnc1-c1ccncc1. The predicted octanol–water partition coefficient (Wildman–Crippen LogP) is 3.00. The molecule has 0 saturated carbocycles. The number of hydrogen-bond acceptors (Lipinski definition) is 6. The molecule has 3 rings (SSSR count). The Balaban J connectivity index is 1.72. The van der Waals surface area contributed by atoms with Crippen molar-refractivity contribution in [2.45, 2.75) is 11.7 Å². The van der Waals surface area contributed by atoms with Crippen molar-refractivity contribution in [1.29, 1.82) is 0 Å². The van der Waals surface area contributed by atoms with Gasteiger partial charge in [0.1, 0.15) is 11.6 Å². The molecule has 0 saturated heterocycles. The van der Waals surface area contributed by atoms with Crippen molar-refractivity contribution in [3.8, 4) is 11.4 Å². The Morgan fingerprint density at radius 3 is 2.75 bits per heavy atom. The van der Waals surface area contributed by atoms with Gasteiger partial charge in [-0.25, -0.2) is 8.78 Å². The number of pyridine rings is 1. The van der Waals surface area contributed by atoms with Crippen LogP contribution in [0.4, 0.5) is 14.5 Å². The number of nitrogens with zero attached hydrogens (tertiary/aromatic N) is 4. The van der Waals surface area contributed by atoms with Crippen LogP contribution in [0.3, 0.4) is 0 Å². The Bertz CT molecular complexity index is 952. The van der Waals surface area contributed by atoms with Crippen LogP contribution in [0.15, 0.2) is 47.9 Å². The van der Waals surface area contributed by atoms with Gasteiger partial charge in [-0.1, -0.05) is 11.8 Å². The summed E-state index contributed by atoms with van der Waals surface area (Å²) in [5.41, 5.74) is 0.626. The lowest BCUT2D eigenvalue weighted by Crippen LogP contribution is -2.16. The Kier molecular flexibility index (Phi) is 6.66. The van der Waals surface area contributed by atoms with E-state index in [1.807, 2.05) is 4.57 Å². The molecule has 0 atom stereocenters. The molecule has 2 aromatic heterocycles. The molecule has 2 heterocycles. The zero-order valence-corrected chi connectivity index (χ0v) is 15.7. The molecule has 0 aliphatic carbocycles. The van der Waals surface area contributed by atoms with Crippen molar-refractivity contribution in [3.63, 3.8) is 0 Å². The maximum absolute atomic E-state index is 13.7. The van der Waals surface area contributed by atoms with E-state index in [1.165, 1.54) is 0 Å². The average Bonchev–Trinajstić information content (AvgIpc) is 3.11. The number of rotatable bonds is 8. The van der Waals surface area contributed by atoms with Crippen LogP contribution in [-0.4, -0.2) is 45.1 Å². The molecule has 1 N–H and O–H groups in total. The summed E-state index contributed by atoms with van der Waals surface area (Å²) in [4.78, 5) is 16.1. The Hall–Kier alpha value is -2.85. The number of methoxy groups -OCH3 is 1. The van der Waals surface area contributed by atoms with Gasteiger partial charge in [-0.2, -0.15) is 0 Å². The van der Waals surface area contributed by atoms with Crippen molar-refractivity contribution < 1.29 is 18.3 Å². The summed E-state index contributed by atoms with van der Waals surface area (Å²) >= 11 is 1.14. The van der Waals surface area contributed by atoms with E-state index in [1.54, 1.807) is 31.6 Å². The summed E-state index contributed by atoms with van der Waals surface area (Å²) in [6.45, 7) is 0.925. The van der Waals surface area contributed by atoms with Crippen molar-refractivity contribution in [1.82, 2.24) is 19.7 Å². The van der Waals surface area contributed by atoms with Crippen LogP contribution in [-0.2, 0) is 16.1 Å². The molecule has 7 nitrogen and oxygen atoms in total. The molecule has 3 aromatic rings. The van der Waals surface area contributed by atoms with Gasteiger partial charge < -0.3 is 10.1 Å². The number of nitrogens with one attached hydrogen (secondary N) is 1. The first-order chi connectivity index (χ1) is 13.6. The second-order valence-electron chi connectivity index (χ2n) is 5.65. The highest BCUT2D eigenvalue weighted by molar-refractivity contribution is 7.99. The lowest BCUT2D eigenvalue weighted by Gasteiger charge is -2.10. The minimum absolute atomic E-state index is 0.0442. The van der Waals surface area contributed by atoms with Gasteiger partial charge in [0.25, 0.3) is 0 Å². The molecule has 10 heteroatoms. The minimum Gasteiger partial charge on any atom is -0.383 e. The molecule has 1 aromatic carbocycles. The molecule has 0 aliphatic rings. The summed E-state index contributed by atoms with van der Waals surface area (Å²) < 4.78 is 33.8. The van der Waals surface area contributed by atoms with E-state index in [0.29, 0.717) is 24.1 Å². The van der Waals surface area contributed by atoms with Gasteiger partial charge in [0.05, 0.1) is 24.6 Å². The van der Waals surface area contributed by atoms with Crippen LogP contribution in [0, 0.1) is 11.6 Å². The van der Waals surface area contributed by atoms with Crippen LogP contribution in [0.2, 0.25) is 0 Å². The fourth-order valence-electron chi connectivity index (χ4n) is 2.40. The van der Waals surface area contributed by atoms with Crippen LogP contribution in [0.25, 0.3) is 11.4 Å². The Labute approximate surface area is 164 Å². The van der Waals surface area contributed by atoms with E-state index in [9.17, 15) is 13.6 Å². The number of halogens is 2. The molecule has 0 bridgehead atoms. The smallest absolute Gasteiger partial charge is 0.234 e. The zero-order chi connectivity index (χ0) is 19.9. The Morgan fingerprint density at radius 1 is 1.21 bits per heavy atom. The molecule has 0 radical (unpaired) electrons. The number of carbonyl (C=O) groups is 1. The highest BCUT2D eigenvalue weighted by atomic mass is 32.2. The van der Waals surface area contributed by atoms with Gasteiger partial charge in [0.15, 0.2) is 11.0 Å². The number of aromatic nitrogens is 4. The number of benzene rings is 1. The third-order valence-corrected chi connectivity index (χ3v) is 4.68. The number of anilines is 1. The normalized spacial score (nSPS) is 10.8. The average molecular weight is 405 g/mol. The topological polar surface area (TPSA) is 81.9 Å². The van der Waals surface area contributed by atoms with E-state index in [0.717, 1.165) is 35.5 Å². The molecule has 0 fully saturated rings. The third-order valence-electron chi connectivity index (χ3n) is 3.71. The molecular weight excluding hydrogens is 388 g/mol. The number of carbonyl (C=O) groups excluding carboxylic acids is 1. The first-order valence-electron chi connectivity index (χ1n) is 8.28. The van der Waals surface area contributed by atoms with Gasteiger partial charge >= 0.3 is 0 Å². The van der Waals surface area contributed by atoms with E-state index in [2.05, 4.69) is 20.5 Å². The number of amides is 1. The molecule has 0 aliphatic heterocycles. The molecule has 0 unspecified atom stereocenters. The monoisotopic (exact) mass is 405 g/mol. The third kappa shape index (κ3) is 4.90. The van der Waals surface area contributed by atoms with Crippen molar-refractivity contribution in [2.24, 2.45) is 0 Å². The fraction of sp³-hybridized carbons (Fsp3) is 0.222. The second-order valence-corrected chi connectivity index (χ2v) is 6.59. The summed E-state index contributed by atoms with van der Waals surface area (Å²) in [5, 5.41) is 11.2. The number of ether oxygens (including phenoxy) is 1. The van der Waals surface area contributed by atoms with Crippen molar-refractivity contribution >= 4 is 23.4 Å². The van der Waals surface area contributed by atoms with E-state index < -0.39 is 17.5 Å². The van der Waals surface area contributed by atoms with Gasteiger partial charge in [-0.3, -0.25) is 14.3 Å². The van der Waals surface area contributed by atoms with E-state index in [4.69, 9.17) is 4.74 Å². The summed E-state index contributed by atoms with van der Waals surface area (Å²) in [7, 11) is 1.59. The first-order valence-corrected chi connectivity index (χ1v) is 9.27. The second kappa shape index (κ2) is 9.38. The summed E-state index contributed by atoms with van der Waals surface area (Å²) in [6, 6.07) is 6.49. The molecular formula is C18H17F2N5O2S. The highest BCUT2D eigenvalue weighted by Gasteiger charge is 2.16. The maximum atomic E-state index is 13.7. The molecule has 28 heavy (non-hydrogen) atoms. The molecule has 1 amide bonds. The minimum atomic E-state index is -0.706. The Morgan fingerprint density at radius 2 is 2.00 bits per heavy atom. The summed E-state index contributed by atoms with van der Waals surface area (Å²) in [5.74, 6) is -1.24. The lowest BCUT2D eigenvalue weighted by molar-refractivity contribution is -0.113. The fourth-order valence-corrected chi connectivity index (χ4v) is 3.17. The van der Waals surface area contributed by atoms with Gasteiger partial charge in [-0.05, 0) is 24.3 Å². The van der Waals surface area contributed by atoms with Gasteiger partial charge in [0, 0.05) is 31.1 Å². The lowest BCUT2D eigenvalue weighted by atomic mass is 10.2. The number of hydrogen-bond donors (Lipinski definition) is 1. The maximum Gasteiger partial charge on any atom is 0.234 e.